The minimum absolute atomic E-state index is 0.328. The Morgan fingerprint density at radius 1 is 1.19 bits per heavy atom. The van der Waals surface area contributed by atoms with Gasteiger partial charge in [0.1, 0.15) is 5.78 Å². The Balaban J connectivity index is 2.08. The first kappa shape index (κ1) is 13.8. The van der Waals surface area contributed by atoms with Crippen LogP contribution >= 0.6 is 0 Å². The zero-order valence-electron chi connectivity index (χ0n) is 12.5. The molecular formula is C18H20N2O. The molecule has 3 rings (SSSR count). The van der Waals surface area contributed by atoms with Crippen molar-refractivity contribution in [2.24, 2.45) is 0 Å². The van der Waals surface area contributed by atoms with Crippen molar-refractivity contribution >= 4 is 11.5 Å². The Kier molecular flexibility index (Phi) is 3.74. The molecule has 1 fully saturated rings. The summed E-state index contributed by atoms with van der Waals surface area (Å²) in [5, 5.41) is 0. The Labute approximate surface area is 125 Å². The largest absolute Gasteiger partial charge is 0.378 e. The molecule has 0 spiro atoms. The Morgan fingerprint density at radius 2 is 2.05 bits per heavy atom. The number of rotatable bonds is 3. The highest BCUT2D eigenvalue weighted by Gasteiger charge is 2.26. The van der Waals surface area contributed by atoms with Gasteiger partial charge in [0.15, 0.2) is 0 Å². The van der Waals surface area contributed by atoms with Gasteiger partial charge in [0.25, 0.3) is 0 Å². The second kappa shape index (κ2) is 5.68. The van der Waals surface area contributed by atoms with Crippen molar-refractivity contribution in [2.75, 3.05) is 19.0 Å². The van der Waals surface area contributed by atoms with E-state index in [9.17, 15) is 4.79 Å². The number of Topliss-reactive ketones (excluding diaryl/α,β-unsaturated/α-hetero) is 1. The summed E-state index contributed by atoms with van der Waals surface area (Å²) in [7, 11) is 4.08. The molecule has 1 heterocycles. The van der Waals surface area contributed by atoms with Gasteiger partial charge < -0.3 is 4.90 Å². The lowest BCUT2D eigenvalue weighted by atomic mass is 9.90. The second-order valence-corrected chi connectivity index (χ2v) is 5.86. The molecule has 1 unspecified atom stereocenters. The normalized spacial score (nSPS) is 18.0. The summed E-state index contributed by atoms with van der Waals surface area (Å²) in [6.07, 6.45) is 4.14. The summed E-state index contributed by atoms with van der Waals surface area (Å²) in [6, 6.07) is 12.4. The highest BCUT2D eigenvalue weighted by Crippen LogP contribution is 2.39. The minimum atomic E-state index is 0.328. The van der Waals surface area contributed by atoms with Crippen molar-refractivity contribution in [1.29, 1.82) is 0 Å². The van der Waals surface area contributed by atoms with E-state index < -0.39 is 0 Å². The van der Waals surface area contributed by atoms with Crippen LogP contribution in [0.15, 0.2) is 42.6 Å². The number of hydrogen-bond acceptors (Lipinski definition) is 3. The zero-order chi connectivity index (χ0) is 14.8. The maximum Gasteiger partial charge on any atom is 0.133 e. The molecule has 1 aromatic carbocycles. The molecule has 21 heavy (non-hydrogen) atoms. The molecule has 0 saturated heterocycles. The Hall–Kier alpha value is -2.16. The number of pyridine rings is 1. The number of benzene rings is 1. The van der Waals surface area contributed by atoms with Crippen LogP contribution in [-0.2, 0) is 4.79 Å². The van der Waals surface area contributed by atoms with Gasteiger partial charge in [-0.25, -0.2) is 0 Å². The minimum Gasteiger partial charge on any atom is -0.378 e. The molecular weight excluding hydrogens is 260 g/mol. The fraction of sp³-hybridized carbons (Fsp3) is 0.333. The summed E-state index contributed by atoms with van der Waals surface area (Å²) < 4.78 is 0. The fourth-order valence-corrected chi connectivity index (χ4v) is 3.00. The number of hydrogen-bond donors (Lipinski definition) is 0. The first-order valence-corrected chi connectivity index (χ1v) is 7.39. The van der Waals surface area contributed by atoms with E-state index in [1.807, 2.05) is 38.5 Å². The maximum atomic E-state index is 11.7. The van der Waals surface area contributed by atoms with Crippen LogP contribution < -0.4 is 4.90 Å². The van der Waals surface area contributed by atoms with Gasteiger partial charge in [-0.05, 0) is 42.2 Å². The summed E-state index contributed by atoms with van der Waals surface area (Å²) >= 11 is 0. The highest BCUT2D eigenvalue weighted by molar-refractivity contribution is 5.83. The predicted octanol–water partition coefficient (Wildman–Crippen LogP) is 3.65. The van der Waals surface area contributed by atoms with Crippen molar-refractivity contribution in [1.82, 2.24) is 4.98 Å². The quantitative estimate of drug-likeness (QED) is 0.860. The van der Waals surface area contributed by atoms with Gasteiger partial charge >= 0.3 is 0 Å². The van der Waals surface area contributed by atoms with Crippen LogP contribution in [0.5, 0.6) is 0 Å². The van der Waals surface area contributed by atoms with Crippen LogP contribution in [0.3, 0.4) is 0 Å². The number of ketones is 1. The van der Waals surface area contributed by atoms with Crippen LogP contribution in [0.25, 0.3) is 11.3 Å². The standard InChI is InChI=1S/C18H20N2O/c1-20(2)14-7-9-16(18-5-3-4-10-19-18)17(12-14)13-6-8-15(21)11-13/h3-5,7,9-10,12-13H,6,8,11H2,1-2H3. The lowest BCUT2D eigenvalue weighted by molar-refractivity contribution is -0.117. The van der Waals surface area contributed by atoms with Crippen molar-refractivity contribution < 1.29 is 4.79 Å². The van der Waals surface area contributed by atoms with Crippen LogP contribution in [0, 0.1) is 0 Å². The van der Waals surface area contributed by atoms with Crippen LogP contribution in [0.2, 0.25) is 0 Å². The number of anilines is 1. The van der Waals surface area contributed by atoms with Gasteiger partial charge in [0.2, 0.25) is 0 Å². The molecule has 108 valence electrons. The summed E-state index contributed by atoms with van der Waals surface area (Å²) in [4.78, 5) is 18.2. The molecule has 0 radical (unpaired) electrons. The topological polar surface area (TPSA) is 33.2 Å². The van der Waals surface area contributed by atoms with E-state index >= 15 is 0 Å². The molecule has 1 aromatic heterocycles. The van der Waals surface area contributed by atoms with E-state index in [1.165, 1.54) is 11.3 Å². The third kappa shape index (κ3) is 2.82. The van der Waals surface area contributed by atoms with Crippen molar-refractivity contribution in [2.45, 2.75) is 25.2 Å². The summed E-state index contributed by atoms with van der Waals surface area (Å²) in [5.74, 6) is 0.705. The van der Waals surface area contributed by atoms with E-state index in [2.05, 4.69) is 28.1 Å². The smallest absolute Gasteiger partial charge is 0.133 e. The molecule has 0 bridgehead atoms. The zero-order valence-corrected chi connectivity index (χ0v) is 12.5. The second-order valence-electron chi connectivity index (χ2n) is 5.86. The molecule has 2 aromatic rings. The van der Waals surface area contributed by atoms with Gasteiger partial charge in [-0.1, -0.05) is 12.1 Å². The van der Waals surface area contributed by atoms with E-state index in [0.29, 0.717) is 24.5 Å². The Bertz CT molecular complexity index is 650. The molecule has 0 aliphatic heterocycles. The van der Waals surface area contributed by atoms with Crippen molar-refractivity contribution in [3.63, 3.8) is 0 Å². The summed E-state index contributed by atoms with van der Waals surface area (Å²) in [6.45, 7) is 0. The monoisotopic (exact) mass is 280 g/mol. The van der Waals surface area contributed by atoms with E-state index in [0.717, 1.165) is 17.7 Å². The van der Waals surface area contributed by atoms with Gasteiger partial charge in [-0.3, -0.25) is 9.78 Å². The first-order chi connectivity index (χ1) is 10.1. The molecule has 1 saturated carbocycles. The van der Waals surface area contributed by atoms with E-state index in [1.54, 1.807) is 0 Å². The SMILES string of the molecule is CN(C)c1ccc(-c2ccccn2)c(C2CCC(=O)C2)c1. The van der Waals surface area contributed by atoms with Gasteiger partial charge in [0.05, 0.1) is 5.69 Å². The molecule has 3 heteroatoms. The van der Waals surface area contributed by atoms with Gasteiger partial charge in [-0.2, -0.15) is 0 Å². The van der Waals surface area contributed by atoms with Crippen molar-refractivity contribution in [3.8, 4) is 11.3 Å². The number of nitrogens with zero attached hydrogens (tertiary/aromatic N) is 2. The maximum absolute atomic E-state index is 11.7. The molecule has 1 aliphatic rings. The molecule has 1 aliphatic carbocycles. The Morgan fingerprint density at radius 3 is 2.67 bits per heavy atom. The van der Waals surface area contributed by atoms with Crippen LogP contribution in [-0.4, -0.2) is 24.9 Å². The highest BCUT2D eigenvalue weighted by atomic mass is 16.1. The molecule has 0 amide bonds. The van der Waals surface area contributed by atoms with Gasteiger partial charge in [-0.15, -0.1) is 0 Å². The fourth-order valence-electron chi connectivity index (χ4n) is 3.00. The number of carbonyl (C=O) groups is 1. The van der Waals surface area contributed by atoms with Crippen LogP contribution in [0.1, 0.15) is 30.7 Å². The van der Waals surface area contributed by atoms with Gasteiger partial charge in [0, 0.05) is 44.4 Å². The number of carbonyl (C=O) groups excluding carboxylic acids is 1. The van der Waals surface area contributed by atoms with E-state index in [4.69, 9.17) is 0 Å². The first-order valence-electron chi connectivity index (χ1n) is 7.39. The predicted molar refractivity (Wildman–Crippen MR) is 85.6 cm³/mol. The summed E-state index contributed by atoms with van der Waals surface area (Å²) in [5.41, 5.74) is 4.56. The average molecular weight is 280 g/mol. The average Bonchev–Trinajstić information content (AvgIpc) is 2.94. The third-order valence-electron chi connectivity index (χ3n) is 4.18. The van der Waals surface area contributed by atoms with E-state index in [-0.39, 0.29) is 0 Å². The number of aromatic nitrogens is 1. The molecule has 0 N–H and O–H groups in total. The molecule has 1 atom stereocenters. The lowest BCUT2D eigenvalue weighted by Crippen LogP contribution is -2.10. The third-order valence-corrected chi connectivity index (χ3v) is 4.18. The molecule has 3 nitrogen and oxygen atoms in total. The lowest BCUT2D eigenvalue weighted by Gasteiger charge is -2.19. The van der Waals surface area contributed by atoms with Crippen LogP contribution in [0.4, 0.5) is 5.69 Å². The van der Waals surface area contributed by atoms with Crippen molar-refractivity contribution in [3.05, 3.63) is 48.2 Å².